The molecule has 0 aromatic heterocycles. The van der Waals surface area contributed by atoms with E-state index < -0.39 is 23.3 Å². The van der Waals surface area contributed by atoms with Gasteiger partial charge in [0.2, 0.25) is 0 Å². The van der Waals surface area contributed by atoms with Crippen molar-refractivity contribution < 1.29 is 33.3 Å². The Morgan fingerprint density at radius 2 is 1.11 bits per heavy atom. The predicted molar refractivity (Wildman–Crippen MR) is 136 cm³/mol. The Hall–Kier alpha value is -5.11. The first-order valence-electron chi connectivity index (χ1n) is 10.9. The van der Waals surface area contributed by atoms with Gasteiger partial charge in [-0.15, -0.1) is 0 Å². The summed E-state index contributed by atoms with van der Waals surface area (Å²) < 4.78 is 19.5. The van der Waals surface area contributed by atoms with E-state index in [1.54, 1.807) is 55.6 Å². The second kappa shape index (κ2) is 14.3. The maximum absolute atomic E-state index is 12.6. The first-order chi connectivity index (χ1) is 17.9. The highest BCUT2D eigenvalue weighted by Crippen LogP contribution is 2.29. The molecule has 2 aromatic rings. The molecule has 0 N–H and O–H groups in total. The molecule has 0 fully saturated rings. The Labute approximate surface area is 216 Å². The molecule has 37 heavy (non-hydrogen) atoms. The highest BCUT2D eigenvalue weighted by molar-refractivity contribution is 6.00. The normalized spacial score (nSPS) is 9.30. The lowest BCUT2D eigenvalue weighted by Gasteiger charge is -2.23. The lowest BCUT2D eigenvalue weighted by Crippen LogP contribution is -2.40. The van der Waals surface area contributed by atoms with Crippen molar-refractivity contribution in [1.29, 1.82) is 0 Å². The van der Waals surface area contributed by atoms with Crippen LogP contribution in [0.15, 0.2) is 48.5 Å². The molecule has 0 aliphatic heterocycles. The van der Waals surface area contributed by atoms with Gasteiger partial charge in [-0.2, -0.15) is 0 Å². The van der Waals surface area contributed by atoms with E-state index >= 15 is 0 Å². The number of hydrogen-bond acceptors (Lipinski definition) is 7. The van der Waals surface area contributed by atoms with Crippen LogP contribution in [-0.2, 0) is 23.8 Å². The van der Waals surface area contributed by atoms with Gasteiger partial charge >= 0.3 is 17.9 Å². The van der Waals surface area contributed by atoms with Crippen molar-refractivity contribution in [2.75, 3.05) is 28.4 Å². The minimum Gasteiger partial charge on any atom is -0.497 e. The first-order valence-corrected chi connectivity index (χ1v) is 10.9. The van der Waals surface area contributed by atoms with Crippen molar-refractivity contribution in [1.82, 2.24) is 0 Å². The highest BCUT2D eigenvalue weighted by atomic mass is 16.5. The van der Waals surface area contributed by atoms with Crippen LogP contribution in [0.4, 0.5) is 0 Å². The summed E-state index contributed by atoms with van der Waals surface area (Å²) in [5, 5.41) is 0. The van der Waals surface area contributed by atoms with Crippen molar-refractivity contribution in [2.24, 2.45) is 5.41 Å². The summed E-state index contributed by atoms with van der Waals surface area (Å²) in [4.78, 5) is 36.7. The molecule has 0 atom stereocenters. The molecule has 2 aromatic carbocycles. The van der Waals surface area contributed by atoms with Crippen LogP contribution in [0.3, 0.4) is 0 Å². The van der Waals surface area contributed by atoms with Gasteiger partial charge in [0, 0.05) is 24.0 Å². The zero-order valence-electron chi connectivity index (χ0n) is 20.9. The largest absolute Gasteiger partial charge is 0.497 e. The minimum atomic E-state index is -1.75. The fourth-order valence-corrected chi connectivity index (χ4v) is 2.99. The van der Waals surface area contributed by atoms with Crippen LogP contribution in [0, 0.1) is 52.8 Å². The molecule has 2 rings (SSSR count). The SMILES string of the molecule is COC(=O)c1ccc(C#CC#CCC(CC#CC#Cc2ccc(OC)cc2)(C(=O)OC)C(=O)OC)cc1. The van der Waals surface area contributed by atoms with E-state index in [4.69, 9.17) is 14.2 Å². The summed E-state index contributed by atoms with van der Waals surface area (Å²) in [7, 11) is 5.21. The quantitative estimate of drug-likeness (QED) is 0.263. The van der Waals surface area contributed by atoms with Crippen LogP contribution in [0.2, 0.25) is 0 Å². The standard InChI is InChI=1S/C30H24O7/c1-34-26-19-15-24(16-20-26)12-8-6-10-22-30(28(32)36-3,29(33)37-4)21-9-5-7-11-23-13-17-25(18-14-23)27(31)35-2/h13-20H,21-22H2,1-4H3. The second-order valence-corrected chi connectivity index (χ2v) is 7.32. The van der Waals surface area contributed by atoms with Crippen molar-refractivity contribution in [2.45, 2.75) is 12.8 Å². The van der Waals surface area contributed by atoms with Crippen molar-refractivity contribution in [3.63, 3.8) is 0 Å². The van der Waals surface area contributed by atoms with E-state index in [1.165, 1.54) is 21.3 Å². The topological polar surface area (TPSA) is 88.1 Å². The van der Waals surface area contributed by atoms with Crippen LogP contribution in [0.5, 0.6) is 5.75 Å². The average Bonchev–Trinajstić information content (AvgIpc) is 2.95. The van der Waals surface area contributed by atoms with Crippen LogP contribution >= 0.6 is 0 Å². The van der Waals surface area contributed by atoms with Crippen molar-refractivity contribution in [3.05, 3.63) is 65.2 Å². The van der Waals surface area contributed by atoms with Crippen LogP contribution in [0.1, 0.15) is 34.3 Å². The summed E-state index contributed by atoms with van der Waals surface area (Å²) in [6.45, 7) is 0. The molecule has 186 valence electrons. The number of carbonyl (C=O) groups excluding carboxylic acids is 3. The highest BCUT2D eigenvalue weighted by Gasteiger charge is 2.47. The molecule has 0 heterocycles. The lowest BCUT2D eigenvalue weighted by molar-refractivity contribution is -0.168. The number of ether oxygens (including phenoxy) is 4. The van der Waals surface area contributed by atoms with Gasteiger partial charge in [0.05, 0.1) is 34.0 Å². The maximum atomic E-state index is 12.6. The van der Waals surface area contributed by atoms with Gasteiger partial charge in [0.25, 0.3) is 0 Å². The molecule has 0 spiro atoms. The Morgan fingerprint density at radius 3 is 1.51 bits per heavy atom. The number of methoxy groups -OCH3 is 4. The number of rotatable bonds is 6. The van der Waals surface area contributed by atoms with E-state index in [0.717, 1.165) is 5.56 Å². The molecule has 0 saturated heterocycles. The van der Waals surface area contributed by atoms with Crippen molar-refractivity contribution >= 4 is 17.9 Å². The molecule has 0 saturated carbocycles. The van der Waals surface area contributed by atoms with Gasteiger partial charge in [-0.05, 0) is 72.2 Å². The molecule has 0 aliphatic carbocycles. The average molecular weight is 497 g/mol. The van der Waals surface area contributed by atoms with E-state index in [2.05, 4.69) is 52.1 Å². The van der Waals surface area contributed by atoms with Crippen LogP contribution < -0.4 is 4.74 Å². The third kappa shape index (κ3) is 7.97. The molecule has 7 heteroatoms. The fourth-order valence-electron chi connectivity index (χ4n) is 2.99. The molecule has 0 amide bonds. The van der Waals surface area contributed by atoms with Crippen LogP contribution in [-0.4, -0.2) is 46.3 Å². The Kier molecular flexibility index (Phi) is 10.9. The molecular formula is C30H24O7. The van der Waals surface area contributed by atoms with E-state index in [-0.39, 0.29) is 12.8 Å². The van der Waals surface area contributed by atoms with Gasteiger partial charge in [0.15, 0.2) is 5.41 Å². The number of esters is 3. The summed E-state index contributed by atoms with van der Waals surface area (Å²) in [5.74, 6) is 20.4. The van der Waals surface area contributed by atoms with Gasteiger partial charge < -0.3 is 18.9 Å². The van der Waals surface area contributed by atoms with E-state index in [0.29, 0.717) is 16.9 Å². The van der Waals surface area contributed by atoms with Crippen molar-refractivity contribution in [3.8, 4) is 53.1 Å². The van der Waals surface area contributed by atoms with Gasteiger partial charge in [-0.25, -0.2) is 4.79 Å². The van der Waals surface area contributed by atoms with E-state index in [9.17, 15) is 14.4 Å². The van der Waals surface area contributed by atoms with Gasteiger partial charge in [0.1, 0.15) is 5.75 Å². The Bertz CT molecular complexity index is 1360. The fraction of sp³-hybridized carbons (Fsp3) is 0.233. The van der Waals surface area contributed by atoms with Gasteiger partial charge in [-0.3, -0.25) is 9.59 Å². The Morgan fingerprint density at radius 1 is 0.649 bits per heavy atom. The summed E-state index contributed by atoms with van der Waals surface area (Å²) >= 11 is 0. The predicted octanol–water partition coefficient (Wildman–Crippen LogP) is 3.00. The zero-order chi connectivity index (χ0) is 27.1. The molecule has 7 nitrogen and oxygen atoms in total. The minimum absolute atomic E-state index is 0.208. The summed E-state index contributed by atoms with van der Waals surface area (Å²) in [5.41, 5.74) is -0.00760. The molecule has 0 bridgehead atoms. The first kappa shape index (κ1) is 28.1. The third-order valence-corrected chi connectivity index (χ3v) is 5.04. The molecule has 0 radical (unpaired) electrons. The van der Waals surface area contributed by atoms with Gasteiger partial charge in [-0.1, -0.05) is 23.7 Å². The number of carbonyl (C=O) groups is 3. The number of benzene rings is 2. The molecular weight excluding hydrogens is 472 g/mol. The molecule has 0 aliphatic rings. The maximum Gasteiger partial charge on any atom is 0.337 e. The smallest absolute Gasteiger partial charge is 0.337 e. The summed E-state index contributed by atoms with van der Waals surface area (Å²) in [6, 6.07) is 13.6. The lowest BCUT2D eigenvalue weighted by atomic mass is 9.81. The summed E-state index contributed by atoms with van der Waals surface area (Å²) in [6.07, 6.45) is -0.427. The second-order valence-electron chi connectivity index (χ2n) is 7.32. The zero-order valence-corrected chi connectivity index (χ0v) is 20.9. The third-order valence-electron chi connectivity index (χ3n) is 5.04. The Balaban J connectivity index is 2.20. The van der Waals surface area contributed by atoms with E-state index in [1.807, 2.05) is 0 Å². The monoisotopic (exact) mass is 496 g/mol. The van der Waals surface area contributed by atoms with Crippen LogP contribution in [0.25, 0.3) is 0 Å². The molecule has 0 unspecified atom stereocenters. The number of hydrogen-bond donors (Lipinski definition) is 0.